The number of hydrogen-bond acceptors (Lipinski definition) is 2. The summed E-state index contributed by atoms with van der Waals surface area (Å²) < 4.78 is 3.36. The highest BCUT2D eigenvalue weighted by Crippen LogP contribution is 2.19. The van der Waals surface area contributed by atoms with Crippen LogP contribution in [0, 0.1) is 3.57 Å². The Morgan fingerprint density at radius 2 is 2.06 bits per heavy atom. The van der Waals surface area contributed by atoms with E-state index < -0.39 is 0 Å². The minimum Gasteiger partial charge on any atom is -0.338 e. The number of imidazole rings is 1. The van der Waals surface area contributed by atoms with Crippen molar-refractivity contribution in [1.29, 1.82) is 0 Å². The number of hydrogen-bond donors (Lipinski definition) is 1. The Bertz CT molecular complexity index is 490. The lowest BCUT2D eigenvalue weighted by atomic mass is 10.0. The molecule has 18 heavy (non-hydrogen) atoms. The summed E-state index contributed by atoms with van der Waals surface area (Å²) in [5.74, 6) is 1.14. The molecule has 0 saturated carbocycles. The minimum atomic E-state index is 0.388. The predicted molar refractivity (Wildman–Crippen MR) is 82.5 cm³/mol. The molecule has 1 atom stereocenters. The van der Waals surface area contributed by atoms with E-state index in [4.69, 9.17) is 0 Å². The molecule has 1 aromatic carbocycles. The topological polar surface area (TPSA) is 29.9 Å². The maximum Gasteiger partial charge on any atom is 0.108 e. The molecule has 96 valence electrons. The van der Waals surface area contributed by atoms with Crippen LogP contribution in [0.3, 0.4) is 0 Å². The molecule has 0 spiro atoms. The van der Waals surface area contributed by atoms with Crippen LogP contribution in [0.25, 0.3) is 0 Å². The molecular formula is C14H18IN3. The maximum atomic E-state index is 4.36. The van der Waals surface area contributed by atoms with Gasteiger partial charge in [-0.2, -0.15) is 0 Å². The van der Waals surface area contributed by atoms with E-state index in [1.807, 2.05) is 26.5 Å². The quantitative estimate of drug-likeness (QED) is 0.836. The molecule has 4 heteroatoms. The molecule has 1 N–H and O–H groups in total. The second kappa shape index (κ2) is 6.33. The van der Waals surface area contributed by atoms with Crippen molar-refractivity contribution in [3.05, 3.63) is 51.6 Å². The van der Waals surface area contributed by atoms with Crippen molar-refractivity contribution in [2.45, 2.75) is 18.9 Å². The summed E-state index contributed by atoms with van der Waals surface area (Å²) in [6.45, 7) is 0. The van der Waals surface area contributed by atoms with Crippen LogP contribution in [0.15, 0.2) is 36.7 Å². The fraction of sp³-hybridized carbons (Fsp3) is 0.357. The fourth-order valence-electron chi connectivity index (χ4n) is 2.08. The smallest absolute Gasteiger partial charge is 0.108 e. The Morgan fingerprint density at radius 3 is 2.61 bits per heavy atom. The Morgan fingerprint density at radius 1 is 1.33 bits per heavy atom. The summed E-state index contributed by atoms with van der Waals surface area (Å²) >= 11 is 2.33. The van der Waals surface area contributed by atoms with Crippen molar-refractivity contribution in [1.82, 2.24) is 14.9 Å². The number of nitrogens with one attached hydrogen (secondary N) is 1. The van der Waals surface area contributed by atoms with Gasteiger partial charge >= 0.3 is 0 Å². The van der Waals surface area contributed by atoms with Crippen LogP contribution in [0.4, 0.5) is 0 Å². The van der Waals surface area contributed by atoms with Crippen molar-refractivity contribution in [3.63, 3.8) is 0 Å². The van der Waals surface area contributed by atoms with Gasteiger partial charge in [0.05, 0.1) is 0 Å². The summed E-state index contributed by atoms with van der Waals surface area (Å²) in [6.07, 6.45) is 5.89. The molecule has 1 unspecified atom stereocenters. The molecule has 0 aliphatic carbocycles. The first-order valence-electron chi connectivity index (χ1n) is 6.09. The minimum absolute atomic E-state index is 0.388. The first-order valence-corrected chi connectivity index (χ1v) is 7.17. The zero-order chi connectivity index (χ0) is 13.0. The third-order valence-corrected chi connectivity index (χ3v) is 3.92. The number of aryl methyl sites for hydroxylation is 2. The summed E-state index contributed by atoms with van der Waals surface area (Å²) in [5, 5.41) is 3.38. The van der Waals surface area contributed by atoms with E-state index >= 15 is 0 Å². The molecule has 0 aliphatic heterocycles. The van der Waals surface area contributed by atoms with E-state index in [-0.39, 0.29) is 0 Å². The number of rotatable bonds is 5. The van der Waals surface area contributed by atoms with Gasteiger partial charge in [0.1, 0.15) is 5.82 Å². The van der Waals surface area contributed by atoms with Gasteiger partial charge in [-0.25, -0.2) is 4.98 Å². The van der Waals surface area contributed by atoms with Crippen LogP contribution in [0.1, 0.15) is 23.9 Å². The van der Waals surface area contributed by atoms with Crippen LogP contribution in [0.2, 0.25) is 0 Å². The van der Waals surface area contributed by atoms with E-state index in [1.165, 1.54) is 9.13 Å². The van der Waals surface area contributed by atoms with Gasteiger partial charge in [-0.1, -0.05) is 12.1 Å². The highest BCUT2D eigenvalue weighted by Gasteiger charge is 2.10. The van der Waals surface area contributed by atoms with Crippen LogP contribution >= 0.6 is 22.6 Å². The van der Waals surface area contributed by atoms with Gasteiger partial charge in [-0.15, -0.1) is 0 Å². The van der Waals surface area contributed by atoms with Gasteiger partial charge in [0.25, 0.3) is 0 Å². The van der Waals surface area contributed by atoms with Gasteiger partial charge in [0.15, 0.2) is 0 Å². The highest BCUT2D eigenvalue weighted by atomic mass is 127. The molecule has 0 fully saturated rings. The number of halogens is 1. The predicted octanol–water partition coefficient (Wildman–Crippen LogP) is 2.92. The second-order valence-corrected chi connectivity index (χ2v) is 5.63. The normalized spacial score (nSPS) is 12.6. The first-order chi connectivity index (χ1) is 8.70. The van der Waals surface area contributed by atoms with Gasteiger partial charge in [-0.05, 0) is 53.8 Å². The van der Waals surface area contributed by atoms with Crippen molar-refractivity contribution < 1.29 is 0 Å². The molecule has 0 aliphatic rings. The largest absolute Gasteiger partial charge is 0.338 e. The molecule has 2 aromatic rings. The van der Waals surface area contributed by atoms with Crippen molar-refractivity contribution in [3.8, 4) is 0 Å². The van der Waals surface area contributed by atoms with Crippen molar-refractivity contribution >= 4 is 22.6 Å². The highest BCUT2D eigenvalue weighted by molar-refractivity contribution is 14.1. The Labute approximate surface area is 122 Å². The molecule has 0 saturated heterocycles. The SMILES string of the molecule is CNC(CCc1nccn1C)c1ccc(I)cc1. The average molecular weight is 355 g/mol. The Balaban J connectivity index is 2.01. The summed E-state index contributed by atoms with van der Waals surface area (Å²) in [7, 11) is 4.06. The monoisotopic (exact) mass is 355 g/mol. The average Bonchev–Trinajstić information content (AvgIpc) is 2.78. The van der Waals surface area contributed by atoms with E-state index in [1.54, 1.807) is 0 Å². The van der Waals surface area contributed by atoms with Gasteiger partial charge in [0.2, 0.25) is 0 Å². The number of aromatic nitrogens is 2. The Hall–Kier alpha value is -0.880. The standard InChI is InChI=1S/C14H18IN3/c1-16-13(11-3-5-12(15)6-4-11)7-8-14-17-9-10-18(14)2/h3-6,9-10,13,16H,7-8H2,1-2H3. The molecule has 2 rings (SSSR count). The second-order valence-electron chi connectivity index (χ2n) is 4.39. The van der Waals surface area contributed by atoms with E-state index in [2.05, 4.69) is 61.7 Å². The molecule has 1 aromatic heterocycles. The third kappa shape index (κ3) is 3.32. The van der Waals surface area contributed by atoms with Gasteiger partial charge in [0, 0.05) is 35.5 Å². The number of nitrogens with zero attached hydrogens (tertiary/aromatic N) is 2. The zero-order valence-electron chi connectivity index (χ0n) is 10.7. The summed E-state index contributed by atoms with van der Waals surface area (Å²) in [6, 6.07) is 9.09. The molecule has 0 bridgehead atoms. The summed E-state index contributed by atoms with van der Waals surface area (Å²) in [4.78, 5) is 4.36. The fourth-order valence-corrected chi connectivity index (χ4v) is 2.44. The molecule has 0 radical (unpaired) electrons. The van der Waals surface area contributed by atoms with Crippen LogP contribution in [0.5, 0.6) is 0 Å². The summed E-state index contributed by atoms with van der Waals surface area (Å²) in [5.41, 5.74) is 1.34. The maximum absolute atomic E-state index is 4.36. The molecule has 1 heterocycles. The first kappa shape index (κ1) is 13.5. The van der Waals surface area contributed by atoms with E-state index in [0.29, 0.717) is 6.04 Å². The van der Waals surface area contributed by atoms with E-state index in [0.717, 1.165) is 18.7 Å². The van der Waals surface area contributed by atoms with Gasteiger partial charge < -0.3 is 9.88 Å². The van der Waals surface area contributed by atoms with Crippen LogP contribution < -0.4 is 5.32 Å². The number of benzene rings is 1. The zero-order valence-corrected chi connectivity index (χ0v) is 12.9. The third-order valence-electron chi connectivity index (χ3n) is 3.20. The molecule has 3 nitrogen and oxygen atoms in total. The lowest BCUT2D eigenvalue weighted by Crippen LogP contribution is -2.17. The molecular weight excluding hydrogens is 337 g/mol. The van der Waals surface area contributed by atoms with Crippen LogP contribution in [-0.2, 0) is 13.5 Å². The lowest BCUT2D eigenvalue weighted by Gasteiger charge is -2.16. The Kier molecular flexibility index (Phi) is 4.77. The van der Waals surface area contributed by atoms with Gasteiger partial charge in [-0.3, -0.25) is 0 Å². The van der Waals surface area contributed by atoms with Crippen molar-refractivity contribution in [2.24, 2.45) is 7.05 Å². The lowest BCUT2D eigenvalue weighted by molar-refractivity contribution is 0.536. The van der Waals surface area contributed by atoms with Crippen LogP contribution in [-0.4, -0.2) is 16.6 Å². The van der Waals surface area contributed by atoms with Crippen molar-refractivity contribution in [2.75, 3.05) is 7.05 Å². The van der Waals surface area contributed by atoms with E-state index in [9.17, 15) is 0 Å². The molecule has 0 amide bonds.